The van der Waals surface area contributed by atoms with Gasteiger partial charge in [-0.15, -0.1) is 0 Å². The van der Waals surface area contributed by atoms with Crippen molar-refractivity contribution >= 4 is 6.29 Å². The largest absolute Gasteiger partial charge is 0.417 e. The first-order valence-electron chi connectivity index (χ1n) is 6.38. The Morgan fingerprint density at radius 2 is 1.52 bits per heavy atom. The summed E-state index contributed by atoms with van der Waals surface area (Å²) in [7, 11) is 0. The number of hydrogen-bond donors (Lipinski definition) is 0. The number of aryl methyl sites for hydroxylation is 1. The van der Waals surface area contributed by atoms with E-state index < -0.39 is 29.0 Å². The number of halogens is 6. The van der Waals surface area contributed by atoms with E-state index in [0.29, 0.717) is 30.0 Å². The van der Waals surface area contributed by atoms with Crippen molar-refractivity contribution in [1.29, 1.82) is 0 Å². The molecule has 0 atom stereocenters. The molecule has 0 spiro atoms. The fraction of sp³-hybridized carbons (Fsp3) is 0.188. The Morgan fingerprint density at radius 1 is 0.870 bits per heavy atom. The third-order valence-electron chi connectivity index (χ3n) is 3.20. The van der Waals surface area contributed by atoms with E-state index in [0.717, 1.165) is 6.07 Å². The van der Waals surface area contributed by atoms with Gasteiger partial charge in [0.05, 0.1) is 11.1 Å². The second-order valence-corrected chi connectivity index (χ2v) is 5.01. The number of aldehydes is 1. The molecule has 7 heteroatoms. The van der Waals surface area contributed by atoms with Crippen molar-refractivity contribution in [2.75, 3.05) is 0 Å². The summed E-state index contributed by atoms with van der Waals surface area (Å²) in [5, 5.41) is 0. The van der Waals surface area contributed by atoms with Crippen molar-refractivity contribution in [2.24, 2.45) is 0 Å². The van der Waals surface area contributed by atoms with Crippen LogP contribution in [0.3, 0.4) is 0 Å². The lowest BCUT2D eigenvalue weighted by molar-refractivity contribution is -0.141. The third kappa shape index (κ3) is 3.72. The second-order valence-electron chi connectivity index (χ2n) is 5.01. The maximum atomic E-state index is 13.1. The van der Waals surface area contributed by atoms with Crippen LogP contribution in [0, 0.1) is 6.92 Å². The summed E-state index contributed by atoms with van der Waals surface area (Å²) in [4.78, 5) is 10.8. The number of hydrogen-bond acceptors (Lipinski definition) is 1. The first kappa shape index (κ1) is 17.1. The summed E-state index contributed by atoms with van der Waals surface area (Å²) in [5.41, 5.74) is -2.52. The number of alkyl halides is 6. The lowest BCUT2D eigenvalue weighted by Crippen LogP contribution is -2.11. The van der Waals surface area contributed by atoms with Gasteiger partial charge in [-0.05, 0) is 53.9 Å². The third-order valence-corrected chi connectivity index (χ3v) is 3.20. The summed E-state index contributed by atoms with van der Waals surface area (Å²) < 4.78 is 77.7. The molecule has 0 aliphatic heterocycles. The normalized spacial score (nSPS) is 12.3. The molecule has 0 amide bonds. The zero-order valence-electron chi connectivity index (χ0n) is 11.7. The Morgan fingerprint density at radius 3 is 2.04 bits per heavy atom. The van der Waals surface area contributed by atoms with E-state index in [-0.39, 0.29) is 11.1 Å². The molecule has 2 aromatic rings. The van der Waals surface area contributed by atoms with E-state index in [9.17, 15) is 31.1 Å². The molecule has 0 saturated carbocycles. The van der Waals surface area contributed by atoms with Crippen LogP contribution < -0.4 is 0 Å². The average Bonchev–Trinajstić information content (AvgIpc) is 2.44. The van der Waals surface area contributed by atoms with Crippen LogP contribution in [-0.2, 0) is 12.4 Å². The standard InChI is InChI=1S/C16H10F6O/c1-9-4-10(8-23)6-11(5-9)13-7-12(15(17,18)19)2-3-14(13)16(20,21)22/h2-8H,1H3. The van der Waals surface area contributed by atoms with E-state index in [2.05, 4.69) is 0 Å². The molecular weight excluding hydrogens is 322 g/mol. The molecule has 0 radical (unpaired) electrons. The first-order valence-corrected chi connectivity index (χ1v) is 6.38. The lowest BCUT2D eigenvalue weighted by atomic mass is 9.94. The molecular formula is C16H10F6O. The van der Waals surface area contributed by atoms with Crippen LogP contribution in [0.15, 0.2) is 36.4 Å². The predicted octanol–water partition coefficient (Wildman–Crippen LogP) is 5.51. The highest BCUT2D eigenvalue weighted by atomic mass is 19.4. The highest BCUT2D eigenvalue weighted by molar-refractivity contribution is 5.80. The zero-order chi connectivity index (χ0) is 17.4. The number of rotatable bonds is 2. The first-order chi connectivity index (χ1) is 10.5. The fourth-order valence-electron chi connectivity index (χ4n) is 2.24. The van der Waals surface area contributed by atoms with Gasteiger partial charge in [-0.2, -0.15) is 26.3 Å². The molecule has 0 unspecified atom stereocenters. The van der Waals surface area contributed by atoms with Crippen molar-refractivity contribution in [3.05, 3.63) is 58.7 Å². The Balaban J connectivity index is 2.76. The molecule has 1 nitrogen and oxygen atoms in total. The van der Waals surface area contributed by atoms with Gasteiger partial charge in [0.2, 0.25) is 0 Å². The molecule has 0 fully saturated rings. The molecule has 0 heterocycles. The van der Waals surface area contributed by atoms with Gasteiger partial charge in [-0.1, -0.05) is 6.07 Å². The summed E-state index contributed by atoms with van der Waals surface area (Å²) in [5.74, 6) is 0. The van der Waals surface area contributed by atoms with Gasteiger partial charge in [0.25, 0.3) is 0 Å². The molecule has 0 bridgehead atoms. The van der Waals surface area contributed by atoms with E-state index in [1.54, 1.807) is 0 Å². The Labute approximate surface area is 127 Å². The summed E-state index contributed by atoms with van der Waals surface area (Å²) in [6.07, 6.45) is -9.15. The van der Waals surface area contributed by atoms with Gasteiger partial charge < -0.3 is 0 Å². The van der Waals surface area contributed by atoms with E-state index >= 15 is 0 Å². The van der Waals surface area contributed by atoms with E-state index in [1.807, 2.05) is 0 Å². The summed E-state index contributed by atoms with van der Waals surface area (Å²) >= 11 is 0. The van der Waals surface area contributed by atoms with E-state index in [1.165, 1.54) is 19.1 Å². The molecule has 0 aliphatic carbocycles. The Bertz CT molecular complexity index is 743. The van der Waals surface area contributed by atoms with Crippen molar-refractivity contribution in [3.8, 4) is 11.1 Å². The average molecular weight is 332 g/mol. The smallest absolute Gasteiger partial charge is 0.298 e. The maximum Gasteiger partial charge on any atom is 0.417 e. The fourth-order valence-corrected chi connectivity index (χ4v) is 2.24. The molecule has 23 heavy (non-hydrogen) atoms. The number of carbonyl (C=O) groups excluding carboxylic acids is 1. The molecule has 2 rings (SSSR count). The van der Waals surface area contributed by atoms with Gasteiger partial charge in [0.1, 0.15) is 6.29 Å². The predicted molar refractivity (Wildman–Crippen MR) is 72.0 cm³/mol. The van der Waals surface area contributed by atoms with Gasteiger partial charge >= 0.3 is 12.4 Å². The minimum atomic E-state index is -4.81. The van der Waals surface area contributed by atoms with Crippen LogP contribution in [0.1, 0.15) is 27.0 Å². The minimum Gasteiger partial charge on any atom is -0.298 e. The maximum absolute atomic E-state index is 13.1. The van der Waals surface area contributed by atoms with E-state index in [4.69, 9.17) is 0 Å². The quantitative estimate of drug-likeness (QED) is 0.523. The topological polar surface area (TPSA) is 17.1 Å². The summed E-state index contributed by atoms with van der Waals surface area (Å²) in [6, 6.07) is 5.11. The van der Waals surface area contributed by atoms with Crippen LogP contribution in [0.5, 0.6) is 0 Å². The van der Waals surface area contributed by atoms with Crippen molar-refractivity contribution in [3.63, 3.8) is 0 Å². The summed E-state index contributed by atoms with van der Waals surface area (Å²) in [6.45, 7) is 1.54. The number of carbonyl (C=O) groups is 1. The molecule has 0 N–H and O–H groups in total. The van der Waals surface area contributed by atoms with Crippen LogP contribution in [0.25, 0.3) is 11.1 Å². The molecule has 0 aliphatic rings. The van der Waals surface area contributed by atoms with Crippen LogP contribution in [0.2, 0.25) is 0 Å². The minimum absolute atomic E-state index is 0.0885. The highest BCUT2D eigenvalue weighted by Crippen LogP contribution is 2.41. The molecule has 0 aromatic heterocycles. The van der Waals surface area contributed by atoms with Gasteiger partial charge in [0, 0.05) is 5.56 Å². The Kier molecular flexibility index (Phi) is 4.24. The van der Waals surface area contributed by atoms with Gasteiger partial charge in [0.15, 0.2) is 0 Å². The van der Waals surface area contributed by atoms with Crippen LogP contribution in [-0.4, -0.2) is 6.29 Å². The molecule has 122 valence electrons. The van der Waals surface area contributed by atoms with Crippen LogP contribution >= 0.6 is 0 Å². The molecule has 0 saturated heterocycles. The van der Waals surface area contributed by atoms with Crippen molar-refractivity contribution < 1.29 is 31.1 Å². The van der Waals surface area contributed by atoms with Gasteiger partial charge in [-0.25, -0.2) is 0 Å². The van der Waals surface area contributed by atoms with Crippen molar-refractivity contribution in [2.45, 2.75) is 19.3 Å². The zero-order valence-corrected chi connectivity index (χ0v) is 11.7. The number of benzene rings is 2. The van der Waals surface area contributed by atoms with Gasteiger partial charge in [-0.3, -0.25) is 4.79 Å². The lowest BCUT2D eigenvalue weighted by Gasteiger charge is -2.16. The SMILES string of the molecule is Cc1cc(C=O)cc(-c2cc(C(F)(F)F)ccc2C(F)(F)F)c1. The van der Waals surface area contributed by atoms with Crippen molar-refractivity contribution in [1.82, 2.24) is 0 Å². The molecule has 2 aromatic carbocycles. The monoisotopic (exact) mass is 332 g/mol. The van der Waals surface area contributed by atoms with Crippen LogP contribution in [0.4, 0.5) is 26.3 Å². The Hall–Kier alpha value is -2.31. The highest BCUT2D eigenvalue weighted by Gasteiger charge is 2.37. The second kappa shape index (κ2) is 5.72.